The van der Waals surface area contributed by atoms with Crippen molar-refractivity contribution < 1.29 is 9.59 Å². The van der Waals surface area contributed by atoms with E-state index in [2.05, 4.69) is 5.32 Å². The molecule has 0 aromatic heterocycles. The molecule has 0 unspecified atom stereocenters. The molecular weight excluding hydrogens is 384 g/mol. The van der Waals surface area contributed by atoms with Crippen molar-refractivity contribution in [2.45, 2.75) is 53.6 Å². The first-order chi connectivity index (χ1) is 13.7. The first kappa shape index (κ1) is 23.0. The predicted octanol–water partition coefficient (Wildman–Crippen LogP) is 4.69. The molecule has 0 aliphatic rings. The smallest absolute Gasteiger partial charge is 0.242 e. The van der Waals surface area contributed by atoms with E-state index in [0.717, 1.165) is 22.3 Å². The van der Waals surface area contributed by atoms with Gasteiger partial charge in [0.05, 0.1) is 6.42 Å². The normalized spacial score (nSPS) is 12.0. The third-order valence-electron chi connectivity index (χ3n) is 4.94. The summed E-state index contributed by atoms with van der Waals surface area (Å²) in [4.78, 5) is 27.6. The number of carbonyl (C=O) groups is 2. The Morgan fingerprint density at radius 3 is 2.45 bits per heavy atom. The van der Waals surface area contributed by atoms with Crippen molar-refractivity contribution in [3.63, 3.8) is 0 Å². The van der Waals surface area contributed by atoms with Crippen LogP contribution in [0.4, 0.5) is 0 Å². The van der Waals surface area contributed by atoms with Gasteiger partial charge in [-0.15, -0.1) is 0 Å². The predicted molar refractivity (Wildman–Crippen MR) is 119 cm³/mol. The van der Waals surface area contributed by atoms with Gasteiger partial charge < -0.3 is 10.2 Å². The summed E-state index contributed by atoms with van der Waals surface area (Å²) in [5.74, 6) is 0.124. The van der Waals surface area contributed by atoms with Crippen molar-refractivity contribution in [2.24, 2.45) is 5.92 Å². The van der Waals surface area contributed by atoms with Crippen molar-refractivity contribution in [1.29, 1.82) is 0 Å². The highest BCUT2D eigenvalue weighted by Gasteiger charge is 2.26. The molecule has 2 aromatic carbocycles. The Balaban J connectivity index is 2.25. The average molecular weight is 415 g/mol. The molecule has 1 N–H and O–H groups in total. The molecule has 5 heteroatoms. The fourth-order valence-corrected chi connectivity index (χ4v) is 3.34. The van der Waals surface area contributed by atoms with E-state index >= 15 is 0 Å². The Bertz CT molecular complexity index is 864. The van der Waals surface area contributed by atoms with Crippen LogP contribution in [-0.4, -0.2) is 29.3 Å². The molecule has 0 fully saturated rings. The van der Waals surface area contributed by atoms with Gasteiger partial charge in [-0.25, -0.2) is 0 Å². The molecule has 2 rings (SSSR count). The minimum atomic E-state index is -0.578. The lowest BCUT2D eigenvalue weighted by atomic mass is 10.0. The molecule has 1 atom stereocenters. The van der Waals surface area contributed by atoms with Crippen molar-refractivity contribution in [2.75, 3.05) is 6.54 Å². The van der Waals surface area contributed by atoms with Crippen LogP contribution < -0.4 is 5.32 Å². The second-order valence-corrected chi connectivity index (χ2v) is 8.51. The number of nitrogens with zero attached hydrogens (tertiary/aromatic N) is 1. The number of nitrogens with one attached hydrogen (secondary N) is 1. The molecule has 0 saturated carbocycles. The topological polar surface area (TPSA) is 49.4 Å². The van der Waals surface area contributed by atoms with E-state index < -0.39 is 6.04 Å². The summed E-state index contributed by atoms with van der Waals surface area (Å²) in [5.41, 5.74) is 4.07. The minimum absolute atomic E-state index is 0.0779. The highest BCUT2D eigenvalue weighted by Crippen LogP contribution is 2.18. The molecule has 2 aromatic rings. The van der Waals surface area contributed by atoms with Gasteiger partial charge >= 0.3 is 0 Å². The zero-order chi connectivity index (χ0) is 21.6. The van der Waals surface area contributed by atoms with Gasteiger partial charge in [0.1, 0.15) is 6.04 Å². The zero-order valence-electron chi connectivity index (χ0n) is 18.0. The molecule has 0 heterocycles. The van der Waals surface area contributed by atoms with Crippen LogP contribution in [0.1, 0.15) is 43.0 Å². The second kappa shape index (κ2) is 10.4. The Morgan fingerprint density at radius 1 is 1.07 bits per heavy atom. The molecule has 4 nitrogen and oxygen atoms in total. The van der Waals surface area contributed by atoms with Crippen molar-refractivity contribution >= 4 is 23.4 Å². The maximum absolute atomic E-state index is 13.3. The maximum atomic E-state index is 13.3. The number of benzene rings is 2. The van der Waals surface area contributed by atoms with Crippen LogP contribution in [-0.2, 0) is 22.6 Å². The molecule has 0 saturated heterocycles. The van der Waals surface area contributed by atoms with Gasteiger partial charge in [-0.3, -0.25) is 9.59 Å². The average Bonchev–Trinajstić information content (AvgIpc) is 2.66. The Labute approximate surface area is 179 Å². The largest absolute Gasteiger partial charge is 0.354 e. The quantitative estimate of drug-likeness (QED) is 0.681. The van der Waals surface area contributed by atoms with Crippen LogP contribution >= 0.6 is 11.6 Å². The van der Waals surface area contributed by atoms with Crippen LogP contribution in [0.25, 0.3) is 0 Å². The van der Waals surface area contributed by atoms with Crippen LogP contribution in [0.5, 0.6) is 0 Å². The van der Waals surface area contributed by atoms with Gasteiger partial charge in [-0.1, -0.05) is 61.3 Å². The zero-order valence-corrected chi connectivity index (χ0v) is 18.7. The highest BCUT2D eigenvalue weighted by molar-refractivity contribution is 6.30. The third kappa shape index (κ3) is 6.90. The fourth-order valence-electron chi connectivity index (χ4n) is 3.12. The number of hydrogen-bond acceptors (Lipinski definition) is 2. The monoisotopic (exact) mass is 414 g/mol. The van der Waals surface area contributed by atoms with Crippen LogP contribution in [0.2, 0.25) is 5.02 Å². The number of halogens is 1. The van der Waals surface area contributed by atoms with E-state index in [-0.39, 0.29) is 18.2 Å². The molecule has 2 amide bonds. The lowest BCUT2D eigenvalue weighted by molar-refractivity contribution is -0.140. The summed E-state index contributed by atoms with van der Waals surface area (Å²) < 4.78 is 0. The Kier molecular flexibility index (Phi) is 8.27. The molecule has 29 heavy (non-hydrogen) atoms. The van der Waals surface area contributed by atoms with Crippen LogP contribution in [0.3, 0.4) is 0 Å². The second-order valence-electron chi connectivity index (χ2n) is 8.07. The molecule has 0 radical (unpaired) electrons. The van der Waals surface area contributed by atoms with Gasteiger partial charge in [0.15, 0.2) is 0 Å². The van der Waals surface area contributed by atoms with Crippen molar-refractivity contribution in [3.05, 3.63) is 69.7 Å². The van der Waals surface area contributed by atoms with Gasteiger partial charge in [0, 0.05) is 18.1 Å². The van der Waals surface area contributed by atoms with Gasteiger partial charge in [0.25, 0.3) is 0 Å². The number of hydrogen-bond donors (Lipinski definition) is 1. The van der Waals surface area contributed by atoms with E-state index in [1.165, 1.54) is 0 Å². The van der Waals surface area contributed by atoms with E-state index in [1.807, 2.05) is 64.1 Å². The Hall–Kier alpha value is -2.33. The summed E-state index contributed by atoms with van der Waals surface area (Å²) in [7, 11) is 0. The first-order valence-corrected chi connectivity index (χ1v) is 10.4. The minimum Gasteiger partial charge on any atom is -0.354 e. The number of amides is 2. The van der Waals surface area contributed by atoms with Crippen LogP contribution in [0.15, 0.2) is 42.5 Å². The summed E-state index contributed by atoms with van der Waals surface area (Å²) in [6.07, 6.45) is 0.260. The standard InChI is InChI=1S/C24H31ClN2O2/c1-16(2)14-26-24(29)19(5)27(15-20-7-6-8-22(25)12-20)23(28)13-21-11-17(3)9-10-18(21)4/h6-12,16,19H,13-15H2,1-5H3,(H,26,29)/t19-/m1/s1. The number of rotatable bonds is 8. The summed E-state index contributed by atoms with van der Waals surface area (Å²) in [6.45, 7) is 10.8. The fraction of sp³-hybridized carbons (Fsp3) is 0.417. The molecule has 156 valence electrons. The van der Waals surface area contributed by atoms with E-state index in [1.54, 1.807) is 17.9 Å². The lowest BCUT2D eigenvalue weighted by Gasteiger charge is -2.29. The number of carbonyl (C=O) groups excluding carboxylic acids is 2. The number of aryl methyl sites for hydroxylation is 2. The van der Waals surface area contributed by atoms with Crippen molar-refractivity contribution in [1.82, 2.24) is 10.2 Å². The van der Waals surface area contributed by atoms with Gasteiger partial charge in [-0.2, -0.15) is 0 Å². The van der Waals surface area contributed by atoms with Gasteiger partial charge in [0.2, 0.25) is 11.8 Å². The van der Waals surface area contributed by atoms with E-state index in [4.69, 9.17) is 11.6 Å². The van der Waals surface area contributed by atoms with E-state index in [9.17, 15) is 9.59 Å². The third-order valence-corrected chi connectivity index (χ3v) is 5.18. The van der Waals surface area contributed by atoms with Gasteiger partial charge in [-0.05, 0) is 55.5 Å². The molecule has 0 aliphatic carbocycles. The highest BCUT2D eigenvalue weighted by atomic mass is 35.5. The Morgan fingerprint density at radius 2 is 1.79 bits per heavy atom. The molecule has 0 spiro atoms. The molecular formula is C24H31ClN2O2. The lowest BCUT2D eigenvalue weighted by Crippen LogP contribution is -2.48. The summed E-state index contributed by atoms with van der Waals surface area (Å²) >= 11 is 6.12. The molecule has 0 bridgehead atoms. The first-order valence-electron chi connectivity index (χ1n) is 10.0. The van der Waals surface area contributed by atoms with Crippen molar-refractivity contribution in [3.8, 4) is 0 Å². The SMILES string of the molecule is Cc1ccc(C)c(CC(=O)N(Cc2cccc(Cl)c2)[C@H](C)C(=O)NCC(C)C)c1. The summed E-state index contributed by atoms with van der Waals surface area (Å²) in [5, 5.41) is 3.55. The van der Waals surface area contributed by atoms with Crippen LogP contribution in [0, 0.1) is 19.8 Å². The maximum Gasteiger partial charge on any atom is 0.242 e. The van der Waals surface area contributed by atoms with E-state index in [0.29, 0.717) is 24.0 Å². The molecule has 0 aliphatic heterocycles. The summed E-state index contributed by atoms with van der Waals surface area (Å²) in [6, 6.07) is 12.9.